The van der Waals surface area contributed by atoms with Crippen LogP contribution in [0.1, 0.15) is 25.8 Å². The number of urea groups is 1. The van der Waals surface area contributed by atoms with Crippen molar-refractivity contribution in [2.24, 2.45) is 0 Å². The van der Waals surface area contributed by atoms with E-state index in [0.717, 1.165) is 9.32 Å². The molecule has 1 saturated heterocycles. The van der Waals surface area contributed by atoms with Crippen LogP contribution in [0.3, 0.4) is 0 Å². The Hall–Kier alpha value is -1.31. The van der Waals surface area contributed by atoms with Crippen LogP contribution in [0, 0.1) is 10.5 Å². The average Bonchev–Trinajstić information content (AvgIpc) is 2.58. The summed E-state index contributed by atoms with van der Waals surface area (Å²) in [7, 11) is 0. The van der Waals surface area contributed by atoms with E-state index in [1.807, 2.05) is 19.1 Å². The number of hydrogen-bond acceptors (Lipinski definition) is 3. The highest BCUT2D eigenvalue weighted by atomic mass is 127. The number of hydrogen-bond donors (Lipinski definition) is 1. The Morgan fingerprint density at radius 2 is 2.05 bits per heavy atom. The fourth-order valence-corrected chi connectivity index (χ4v) is 2.98. The van der Waals surface area contributed by atoms with Crippen LogP contribution in [-0.4, -0.2) is 35.5 Å². The molecule has 0 unspecified atom stereocenters. The number of rotatable bonds is 5. The molecule has 0 saturated carbocycles. The van der Waals surface area contributed by atoms with Gasteiger partial charge in [-0.15, -0.1) is 0 Å². The van der Waals surface area contributed by atoms with Crippen LogP contribution in [0.5, 0.6) is 5.75 Å². The summed E-state index contributed by atoms with van der Waals surface area (Å²) in [6, 6.07) is 5.66. The fraction of sp³-hybridized carbons (Fsp3) is 0.467. The Balaban J connectivity index is 1.83. The van der Waals surface area contributed by atoms with Crippen LogP contribution >= 0.6 is 22.6 Å². The number of nitrogens with zero attached hydrogens (tertiary/aromatic N) is 1. The summed E-state index contributed by atoms with van der Waals surface area (Å²) in [6.45, 7) is 6.29. The molecule has 6 heteroatoms. The molecule has 1 aromatic rings. The Morgan fingerprint density at radius 3 is 2.62 bits per heavy atom. The zero-order valence-electron chi connectivity index (χ0n) is 12.4. The molecule has 1 N–H and O–H groups in total. The molecule has 0 aliphatic carbocycles. The lowest BCUT2D eigenvalue weighted by atomic mass is 10.1. The van der Waals surface area contributed by atoms with E-state index in [0.29, 0.717) is 19.6 Å². The summed E-state index contributed by atoms with van der Waals surface area (Å²) in [4.78, 5) is 25.0. The highest BCUT2D eigenvalue weighted by molar-refractivity contribution is 14.1. The number of amides is 3. The van der Waals surface area contributed by atoms with Crippen molar-refractivity contribution in [3.05, 3.63) is 27.3 Å². The minimum Gasteiger partial charge on any atom is -0.492 e. The van der Waals surface area contributed by atoms with Crippen molar-refractivity contribution in [2.45, 2.75) is 32.7 Å². The van der Waals surface area contributed by atoms with Crippen molar-refractivity contribution < 1.29 is 14.3 Å². The van der Waals surface area contributed by atoms with Gasteiger partial charge >= 0.3 is 6.03 Å². The fourth-order valence-electron chi connectivity index (χ4n) is 2.15. The van der Waals surface area contributed by atoms with Crippen LogP contribution < -0.4 is 10.1 Å². The molecule has 0 spiro atoms. The van der Waals surface area contributed by atoms with Gasteiger partial charge in [-0.1, -0.05) is 6.07 Å². The molecule has 0 radical (unpaired) electrons. The van der Waals surface area contributed by atoms with E-state index in [2.05, 4.69) is 34.0 Å². The monoisotopic (exact) mass is 402 g/mol. The summed E-state index contributed by atoms with van der Waals surface area (Å²) in [5.74, 6) is 0.649. The lowest BCUT2D eigenvalue weighted by molar-refractivity contribution is -0.130. The number of ether oxygens (including phenoxy) is 1. The number of carbonyl (C=O) groups excluding carboxylic acids is 2. The van der Waals surface area contributed by atoms with Gasteiger partial charge in [0.1, 0.15) is 11.3 Å². The van der Waals surface area contributed by atoms with Crippen molar-refractivity contribution in [3.8, 4) is 5.75 Å². The molecule has 1 aliphatic rings. The first kappa shape index (κ1) is 16.1. The van der Waals surface area contributed by atoms with Gasteiger partial charge in [-0.3, -0.25) is 9.69 Å². The molecule has 1 heterocycles. The Labute approximate surface area is 138 Å². The lowest BCUT2D eigenvalue weighted by Gasteiger charge is -2.16. The summed E-state index contributed by atoms with van der Waals surface area (Å²) in [6.07, 6.45) is 0.610. The highest BCUT2D eigenvalue weighted by Gasteiger charge is 2.43. The van der Waals surface area contributed by atoms with E-state index in [9.17, 15) is 9.59 Å². The van der Waals surface area contributed by atoms with Gasteiger partial charge in [-0.2, -0.15) is 0 Å². The maximum atomic E-state index is 12.0. The van der Waals surface area contributed by atoms with Crippen molar-refractivity contribution in [1.82, 2.24) is 10.2 Å². The first-order chi connectivity index (χ1) is 9.81. The van der Waals surface area contributed by atoms with Gasteiger partial charge in [0.15, 0.2) is 0 Å². The molecular formula is C15H19IN2O3. The van der Waals surface area contributed by atoms with Crippen LogP contribution in [0.4, 0.5) is 4.79 Å². The Morgan fingerprint density at radius 1 is 1.33 bits per heavy atom. The second-order valence-corrected chi connectivity index (χ2v) is 6.81. The number of imide groups is 1. The molecule has 1 fully saturated rings. The number of aryl methyl sites for hydroxylation is 1. The largest absolute Gasteiger partial charge is 0.492 e. The summed E-state index contributed by atoms with van der Waals surface area (Å²) >= 11 is 2.23. The highest BCUT2D eigenvalue weighted by Crippen LogP contribution is 2.22. The van der Waals surface area contributed by atoms with Gasteiger partial charge in [-0.05, 0) is 67.5 Å². The molecule has 0 atom stereocenters. The summed E-state index contributed by atoms with van der Waals surface area (Å²) in [5.41, 5.74) is 0.387. The van der Waals surface area contributed by atoms with Gasteiger partial charge in [0, 0.05) is 6.54 Å². The Kier molecular flexibility index (Phi) is 4.75. The lowest BCUT2D eigenvalue weighted by Crippen LogP contribution is -2.40. The number of carbonyl (C=O) groups is 2. The predicted molar refractivity (Wildman–Crippen MR) is 88.3 cm³/mol. The summed E-state index contributed by atoms with van der Waals surface area (Å²) < 4.78 is 6.76. The third-order valence-electron chi connectivity index (χ3n) is 3.32. The predicted octanol–water partition coefficient (Wildman–Crippen LogP) is 2.70. The van der Waals surface area contributed by atoms with Gasteiger partial charge < -0.3 is 10.1 Å². The van der Waals surface area contributed by atoms with Crippen LogP contribution in [0.25, 0.3) is 0 Å². The minimum atomic E-state index is -0.801. The van der Waals surface area contributed by atoms with E-state index in [-0.39, 0.29) is 11.9 Å². The number of benzene rings is 1. The molecule has 0 aromatic heterocycles. The van der Waals surface area contributed by atoms with Crippen LogP contribution in [0.2, 0.25) is 0 Å². The maximum absolute atomic E-state index is 12.0. The molecule has 0 bridgehead atoms. The first-order valence-corrected chi connectivity index (χ1v) is 7.92. The van der Waals surface area contributed by atoms with Crippen molar-refractivity contribution in [1.29, 1.82) is 0 Å². The minimum absolute atomic E-state index is 0.183. The topological polar surface area (TPSA) is 58.6 Å². The second-order valence-electron chi connectivity index (χ2n) is 5.65. The van der Waals surface area contributed by atoms with E-state index >= 15 is 0 Å². The van der Waals surface area contributed by atoms with Crippen LogP contribution in [0.15, 0.2) is 18.2 Å². The van der Waals surface area contributed by atoms with Gasteiger partial charge in [0.05, 0.1) is 10.2 Å². The number of halogens is 1. The van der Waals surface area contributed by atoms with Crippen molar-refractivity contribution >= 4 is 34.5 Å². The normalized spacial score (nSPS) is 17.0. The zero-order valence-corrected chi connectivity index (χ0v) is 14.6. The second kappa shape index (κ2) is 6.21. The van der Waals surface area contributed by atoms with Crippen LogP contribution in [-0.2, 0) is 4.79 Å². The Bertz CT molecular complexity index is 572. The number of nitrogens with one attached hydrogen (secondary N) is 1. The van der Waals surface area contributed by atoms with Gasteiger partial charge in [-0.25, -0.2) is 4.79 Å². The standard InChI is InChI=1S/C15H19IN2O3/c1-10-5-6-12(11(16)9-10)21-8-4-7-18-13(19)15(2,3)17-14(18)20/h5-6,9H,4,7-8H2,1-3H3,(H,17,20). The molecule has 3 amide bonds. The smallest absolute Gasteiger partial charge is 0.325 e. The molecule has 2 rings (SSSR count). The molecule has 5 nitrogen and oxygen atoms in total. The molecule has 114 valence electrons. The van der Waals surface area contributed by atoms with E-state index in [1.54, 1.807) is 13.8 Å². The molecule has 1 aromatic carbocycles. The van der Waals surface area contributed by atoms with E-state index < -0.39 is 5.54 Å². The first-order valence-electron chi connectivity index (χ1n) is 6.84. The quantitative estimate of drug-likeness (QED) is 0.468. The van der Waals surface area contributed by atoms with Crippen molar-refractivity contribution in [2.75, 3.05) is 13.2 Å². The molecule has 21 heavy (non-hydrogen) atoms. The summed E-state index contributed by atoms with van der Waals surface area (Å²) in [5, 5.41) is 2.66. The van der Waals surface area contributed by atoms with Gasteiger partial charge in [0.2, 0.25) is 0 Å². The van der Waals surface area contributed by atoms with Crippen molar-refractivity contribution in [3.63, 3.8) is 0 Å². The average molecular weight is 402 g/mol. The third-order valence-corrected chi connectivity index (χ3v) is 4.16. The zero-order chi connectivity index (χ0) is 15.6. The van der Waals surface area contributed by atoms with Gasteiger partial charge in [0.25, 0.3) is 5.91 Å². The maximum Gasteiger partial charge on any atom is 0.325 e. The molecule has 1 aliphatic heterocycles. The van der Waals surface area contributed by atoms with E-state index in [1.165, 1.54) is 10.5 Å². The van der Waals surface area contributed by atoms with E-state index in [4.69, 9.17) is 4.74 Å². The third kappa shape index (κ3) is 3.66. The SMILES string of the molecule is Cc1ccc(OCCCN2C(=O)NC(C)(C)C2=O)c(I)c1. The molecular weight excluding hydrogens is 383 g/mol.